The maximum atomic E-state index is 13.5. The highest BCUT2D eigenvalue weighted by atomic mass is 16.6. The van der Waals surface area contributed by atoms with Gasteiger partial charge in [0.05, 0.1) is 11.6 Å². The summed E-state index contributed by atoms with van der Waals surface area (Å²) in [5.74, 6) is -3.49. The van der Waals surface area contributed by atoms with Crippen molar-refractivity contribution >= 4 is 36.0 Å². The summed E-state index contributed by atoms with van der Waals surface area (Å²) in [6.07, 6.45) is 0.136. The Balaban J connectivity index is 2.22. The van der Waals surface area contributed by atoms with Crippen LogP contribution in [-0.2, 0) is 41.7 Å². The number of aromatic nitrogens is 3. The highest BCUT2D eigenvalue weighted by molar-refractivity contribution is 5.92. The molecule has 1 aliphatic heterocycles. The van der Waals surface area contributed by atoms with Crippen molar-refractivity contribution in [1.82, 2.24) is 50.7 Å². The summed E-state index contributed by atoms with van der Waals surface area (Å²) in [5, 5.41) is 33.9. The molecule has 0 saturated carbocycles. The summed E-state index contributed by atoms with van der Waals surface area (Å²) < 4.78 is 18.9. The van der Waals surface area contributed by atoms with E-state index in [1.165, 1.54) is 5.48 Å². The number of hydroxylamine groups is 1. The van der Waals surface area contributed by atoms with Gasteiger partial charge in [-0.05, 0) is 99.3 Å². The van der Waals surface area contributed by atoms with Gasteiger partial charge in [-0.1, -0.05) is 39.8 Å². The van der Waals surface area contributed by atoms with Crippen LogP contribution in [0.1, 0.15) is 128 Å². The minimum atomic E-state index is -1.81. The number of amides is 6. The lowest BCUT2D eigenvalue weighted by Gasteiger charge is -2.33. The summed E-state index contributed by atoms with van der Waals surface area (Å²) in [5.41, 5.74) is -0.852. The number of hydrogen-bond acceptors (Lipinski definition) is 14. The van der Waals surface area contributed by atoms with Crippen molar-refractivity contribution < 1.29 is 53.3 Å². The predicted molar refractivity (Wildman–Crippen MR) is 246 cm³/mol. The lowest BCUT2D eigenvalue weighted by atomic mass is 9.84. The summed E-state index contributed by atoms with van der Waals surface area (Å²) in [7, 11) is 0. The third-order valence-electron chi connectivity index (χ3n) is 10.1. The molecule has 5 N–H and O–H groups in total. The van der Waals surface area contributed by atoms with Gasteiger partial charge in [-0.15, -0.1) is 5.10 Å². The Morgan fingerprint density at radius 2 is 1.15 bits per heavy atom. The molecule has 1 aromatic rings. The summed E-state index contributed by atoms with van der Waals surface area (Å²) in [6, 6.07) is -0.995. The number of aliphatic hydroxyl groups is 1. The van der Waals surface area contributed by atoms with E-state index >= 15 is 0 Å². The fourth-order valence-electron chi connectivity index (χ4n) is 6.94. The van der Waals surface area contributed by atoms with E-state index in [9.17, 15) is 33.9 Å². The quantitative estimate of drug-likeness (QED) is 0.0807. The van der Waals surface area contributed by atoms with Crippen LogP contribution in [0.5, 0.6) is 0 Å². The molecule has 66 heavy (non-hydrogen) atoms. The molecule has 2 heterocycles. The molecule has 1 fully saturated rings. The maximum Gasteiger partial charge on any atom is 0.410 e. The average molecular weight is 939 g/mol. The molecule has 21 heteroatoms. The van der Waals surface area contributed by atoms with E-state index in [4.69, 9.17) is 19.4 Å². The number of aliphatic hydroxyl groups excluding tert-OH is 1. The fraction of sp³-hybridized carbons (Fsp3) is 0.822. The lowest BCUT2D eigenvalue weighted by molar-refractivity contribution is -0.147. The van der Waals surface area contributed by atoms with Crippen molar-refractivity contribution in [3.8, 4) is 0 Å². The Hall–Kier alpha value is -4.76. The lowest BCUT2D eigenvalue weighted by Crippen LogP contribution is -2.56. The van der Waals surface area contributed by atoms with E-state index in [2.05, 4.69) is 25.8 Å². The van der Waals surface area contributed by atoms with Crippen molar-refractivity contribution in [3.63, 3.8) is 0 Å². The van der Waals surface area contributed by atoms with Crippen molar-refractivity contribution in [1.29, 1.82) is 0 Å². The van der Waals surface area contributed by atoms with E-state index in [-0.39, 0.29) is 38.5 Å². The van der Waals surface area contributed by atoms with Crippen LogP contribution in [0.3, 0.4) is 0 Å². The number of ether oxygens (including phenoxy) is 3. The van der Waals surface area contributed by atoms with Crippen molar-refractivity contribution in [2.75, 3.05) is 58.9 Å². The van der Waals surface area contributed by atoms with Crippen LogP contribution in [0.2, 0.25) is 0 Å². The highest BCUT2D eigenvalue weighted by Gasteiger charge is 2.38. The van der Waals surface area contributed by atoms with Crippen LogP contribution in [0.4, 0.5) is 14.4 Å². The Kier molecular flexibility index (Phi) is 22.1. The number of carbonyl (C=O) groups excluding carboxylic acids is 6. The monoisotopic (exact) mass is 939 g/mol. The standard InChI is InChI=1S/C45H82N10O11/c1-31(2)28-33(34(56)37(58)49-63)36(57)47-35(42(3,4)5)38(59)46-18-15-23-55-30-32(48-50-55)29-51-19-16-20-53(40(61)65-44(9,10)11)26-27-54(41(62)66-45(12,13)14)22-17-21-52(25-24-51)39(60)64-43(6,7)8/h30-31,33-35,56,63H,15-29H2,1-14H3,(H,46,59)(H,47,57)(H,49,58)/t33-,34+,35-/m1/s1. The van der Waals surface area contributed by atoms with Crippen molar-refractivity contribution in [3.05, 3.63) is 11.9 Å². The Morgan fingerprint density at radius 1 is 0.682 bits per heavy atom. The highest BCUT2D eigenvalue weighted by Crippen LogP contribution is 2.23. The number of hydrogen-bond donors (Lipinski definition) is 5. The van der Waals surface area contributed by atoms with E-state index in [1.807, 2.05) is 40.8 Å². The largest absolute Gasteiger partial charge is 0.444 e. The fourth-order valence-corrected chi connectivity index (χ4v) is 6.94. The molecule has 1 aromatic heterocycles. The van der Waals surface area contributed by atoms with Crippen LogP contribution in [0.25, 0.3) is 0 Å². The number of aryl methyl sites for hydroxylation is 1. The molecule has 378 valence electrons. The zero-order valence-electron chi connectivity index (χ0n) is 42.2. The molecular formula is C45H82N10O11. The van der Waals surface area contributed by atoms with E-state index in [0.29, 0.717) is 70.8 Å². The second-order valence-electron chi connectivity index (χ2n) is 21.5. The minimum absolute atomic E-state index is 0.0686. The van der Waals surface area contributed by atoms with E-state index in [0.717, 1.165) is 0 Å². The zero-order valence-corrected chi connectivity index (χ0v) is 42.2. The molecule has 21 nitrogen and oxygen atoms in total. The van der Waals surface area contributed by atoms with Gasteiger partial charge in [0.2, 0.25) is 11.8 Å². The van der Waals surface area contributed by atoms with Gasteiger partial charge >= 0.3 is 18.3 Å². The SMILES string of the molecule is CC(C)C[C@@H](C(=O)N[C@H](C(=O)NCCCn1cc(CN2CCCN(C(=O)OC(C)(C)C)CCN(C(=O)OC(C)(C)C)CCCN(C(=O)OC(C)(C)C)CC2)nn1)C(C)(C)C)[C@H](O)C(=O)NO. The third-order valence-corrected chi connectivity index (χ3v) is 10.1. The molecule has 0 unspecified atom stereocenters. The molecule has 0 aliphatic carbocycles. The smallest absolute Gasteiger partial charge is 0.410 e. The molecular weight excluding hydrogens is 857 g/mol. The molecule has 0 radical (unpaired) electrons. The molecule has 0 aromatic carbocycles. The molecule has 1 aliphatic rings. The Morgan fingerprint density at radius 3 is 1.59 bits per heavy atom. The van der Waals surface area contributed by atoms with E-state index in [1.54, 1.807) is 81.7 Å². The third kappa shape index (κ3) is 21.7. The minimum Gasteiger partial charge on any atom is -0.444 e. The number of nitrogens with one attached hydrogen (secondary N) is 3. The predicted octanol–water partition coefficient (Wildman–Crippen LogP) is 4.15. The van der Waals surface area contributed by atoms with Gasteiger partial charge in [0.15, 0.2) is 0 Å². The first kappa shape index (κ1) is 57.4. The van der Waals surface area contributed by atoms with Crippen LogP contribution >= 0.6 is 0 Å². The van der Waals surface area contributed by atoms with Crippen LogP contribution in [-0.4, -0.2) is 169 Å². The maximum absolute atomic E-state index is 13.5. The van der Waals surface area contributed by atoms with Gasteiger partial charge in [0.25, 0.3) is 5.91 Å². The molecule has 2 rings (SSSR count). The van der Waals surface area contributed by atoms with E-state index < -0.39 is 76.3 Å². The van der Waals surface area contributed by atoms with Crippen LogP contribution < -0.4 is 16.1 Å². The molecule has 0 spiro atoms. The zero-order chi connectivity index (χ0) is 50.2. The molecule has 0 bridgehead atoms. The second kappa shape index (κ2) is 25.4. The molecule has 6 amide bonds. The number of rotatable bonds is 13. The normalized spacial score (nSPS) is 17.0. The summed E-state index contributed by atoms with van der Waals surface area (Å²) in [6.45, 7) is 28.9. The average Bonchev–Trinajstić information content (AvgIpc) is 3.62. The van der Waals surface area contributed by atoms with Crippen LogP contribution in [0.15, 0.2) is 6.20 Å². The van der Waals surface area contributed by atoms with Gasteiger partial charge < -0.3 is 44.7 Å². The van der Waals surface area contributed by atoms with Gasteiger partial charge in [-0.2, -0.15) is 0 Å². The Labute approximate surface area is 391 Å². The first-order valence-electron chi connectivity index (χ1n) is 23.1. The molecule has 1 saturated heterocycles. The topological polar surface area (TPSA) is 250 Å². The van der Waals surface area contributed by atoms with Gasteiger partial charge in [-0.3, -0.25) is 29.2 Å². The Bertz CT molecular complexity index is 1730. The van der Waals surface area contributed by atoms with Crippen LogP contribution in [0, 0.1) is 17.3 Å². The molecule has 3 atom stereocenters. The number of carbonyl (C=O) groups is 6. The van der Waals surface area contributed by atoms with Gasteiger partial charge in [0.1, 0.15) is 28.9 Å². The summed E-state index contributed by atoms with van der Waals surface area (Å²) >= 11 is 0. The first-order valence-corrected chi connectivity index (χ1v) is 23.1. The van der Waals surface area contributed by atoms with Crippen molar-refractivity contribution in [2.24, 2.45) is 17.3 Å². The summed E-state index contributed by atoms with van der Waals surface area (Å²) in [4.78, 5) is 86.0. The first-order chi connectivity index (χ1) is 30.4. The van der Waals surface area contributed by atoms with Crippen molar-refractivity contribution in [2.45, 2.75) is 165 Å². The van der Waals surface area contributed by atoms with Gasteiger partial charge in [0, 0.05) is 78.2 Å². The second-order valence-corrected chi connectivity index (χ2v) is 21.5. The van der Waals surface area contributed by atoms with Gasteiger partial charge in [-0.25, -0.2) is 19.9 Å². The number of nitrogens with zero attached hydrogens (tertiary/aromatic N) is 7.